The molecule has 1 unspecified atom stereocenters. The van der Waals surface area contributed by atoms with Gasteiger partial charge >= 0.3 is 0 Å². The minimum absolute atomic E-state index is 0.0370. The summed E-state index contributed by atoms with van der Waals surface area (Å²) in [6.07, 6.45) is 5.90. The molecule has 2 rings (SSSR count). The first-order chi connectivity index (χ1) is 6.85. The first kappa shape index (κ1) is 10.8. The van der Waals surface area contributed by atoms with Crippen molar-refractivity contribution < 1.29 is 4.74 Å². The van der Waals surface area contributed by atoms with Gasteiger partial charge in [-0.3, -0.25) is 0 Å². The number of hydrogen-bond donors (Lipinski definition) is 0. The van der Waals surface area contributed by atoms with Crippen molar-refractivity contribution in [2.45, 2.75) is 59.5 Å². The second-order valence-corrected chi connectivity index (χ2v) is 5.88. The Morgan fingerprint density at radius 1 is 1.13 bits per heavy atom. The van der Waals surface area contributed by atoms with E-state index >= 15 is 0 Å². The second kappa shape index (κ2) is 3.13. The van der Waals surface area contributed by atoms with E-state index in [9.17, 15) is 0 Å². The molecular formula is C14H22O. The van der Waals surface area contributed by atoms with Crippen molar-refractivity contribution in [2.24, 2.45) is 5.41 Å². The van der Waals surface area contributed by atoms with Crippen LogP contribution < -0.4 is 0 Å². The molecule has 1 heterocycles. The van der Waals surface area contributed by atoms with Gasteiger partial charge in [0.15, 0.2) is 0 Å². The van der Waals surface area contributed by atoms with Crippen LogP contribution >= 0.6 is 0 Å². The fraction of sp³-hybridized carbons (Fsp3) is 0.714. The Labute approximate surface area is 93.2 Å². The van der Waals surface area contributed by atoms with Crippen LogP contribution in [-0.2, 0) is 4.74 Å². The van der Waals surface area contributed by atoms with Crippen LogP contribution in [0.1, 0.15) is 53.9 Å². The summed E-state index contributed by atoms with van der Waals surface area (Å²) in [5.41, 5.74) is 3.21. The van der Waals surface area contributed by atoms with Crippen molar-refractivity contribution in [3.8, 4) is 0 Å². The van der Waals surface area contributed by atoms with Crippen molar-refractivity contribution in [3.05, 3.63) is 23.0 Å². The van der Waals surface area contributed by atoms with Crippen molar-refractivity contribution in [1.82, 2.24) is 0 Å². The van der Waals surface area contributed by atoms with Gasteiger partial charge in [-0.05, 0) is 62.7 Å². The summed E-state index contributed by atoms with van der Waals surface area (Å²) in [4.78, 5) is 0. The first-order valence-corrected chi connectivity index (χ1v) is 5.94. The van der Waals surface area contributed by atoms with Gasteiger partial charge in [-0.15, -0.1) is 0 Å². The third-order valence-corrected chi connectivity index (χ3v) is 3.86. The summed E-state index contributed by atoms with van der Waals surface area (Å²) >= 11 is 0. The van der Waals surface area contributed by atoms with Crippen LogP contribution in [0.2, 0.25) is 0 Å². The van der Waals surface area contributed by atoms with Gasteiger partial charge in [-0.1, -0.05) is 13.8 Å². The Morgan fingerprint density at radius 3 is 2.47 bits per heavy atom. The first-order valence-electron chi connectivity index (χ1n) is 5.94. The molecule has 1 aliphatic heterocycles. The predicted octanol–water partition coefficient (Wildman–Crippen LogP) is 4.21. The van der Waals surface area contributed by atoms with Crippen LogP contribution in [0.4, 0.5) is 0 Å². The molecule has 1 saturated carbocycles. The summed E-state index contributed by atoms with van der Waals surface area (Å²) in [5, 5.41) is 0. The maximum atomic E-state index is 6.09. The zero-order chi connectivity index (χ0) is 11.3. The molecule has 0 aromatic rings. The van der Waals surface area contributed by atoms with Crippen molar-refractivity contribution >= 4 is 0 Å². The molecule has 0 spiro atoms. The Kier molecular flexibility index (Phi) is 2.25. The number of rotatable bonds is 0. The molecule has 84 valence electrons. The highest BCUT2D eigenvalue weighted by atomic mass is 16.5. The fourth-order valence-corrected chi connectivity index (χ4v) is 3.65. The number of allylic oxidation sites excluding steroid dienone is 3. The summed E-state index contributed by atoms with van der Waals surface area (Å²) < 4.78 is 6.09. The summed E-state index contributed by atoms with van der Waals surface area (Å²) in [6.45, 7) is 11.2. The molecule has 0 saturated heterocycles. The molecule has 15 heavy (non-hydrogen) atoms. The SMILES string of the molecule is CC1=CC(C)=C2C(C)(C)CCCC2(C)O1. The van der Waals surface area contributed by atoms with Crippen molar-refractivity contribution in [2.75, 3.05) is 0 Å². The number of hydrogen-bond acceptors (Lipinski definition) is 1. The summed E-state index contributed by atoms with van der Waals surface area (Å²) in [5.74, 6) is 1.07. The van der Waals surface area contributed by atoms with Gasteiger partial charge in [0.1, 0.15) is 5.60 Å². The van der Waals surface area contributed by atoms with E-state index in [1.165, 1.54) is 24.0 Å². The Bertz CT molecular complexity index is 346. The number of ether oxygens (including phenoxy) is 1. The van der Waals surface area contributed by atoms with Gasteiger partial charge in [-0.2, -0.15) is 0 Å². The zero-order valence-corrected chi connectivity index (χ0v) is 10.6. The van der Waals surface area contributed by atoms with E-state index in [-0.39, 0.29) is 5.60 Å². The Hall–Kier alpha value is -0.720. The van der Waals surface area contributed by atoms with E-state index in [2.05, 4.69) is 40.7 Å². The van der Waals surface area contributed by atoms with Crippen LogP contribution in [-0.4, -0.2) is 5.60 Å². The van der Waals surface area contributed by atoms with E-state index in [1.54, 1.807) is 0 Å². The molecule has 0 N–H and O–H groups in total. The molecule has 1 heteroatoms. The highest BCUT2D eigenvalue weighted by molar-refractivity contribution is 5.39. The summed E-state index contributed by atoms with van der Waals surface area (Å²) in [7, 11) is 0. The van der Waals surface area contributed by atoms with Gasteiger partial charge in [0, 0.05) is 0 Å². The standard InChI is InChI=1S/C14H22O/c1-10-9-11(2)15-14(5)8-6-7-13(3,4)12(10)14/h9H,6-8H2,1-5H3. The predicted molar refractivity (Wildman–Crippen MR) is 63.6 cm³/mol. The second-order valence-electron chi connectivity index (χ2n) is 5.88. The molecule has 1 aliphatic carbocycles. The lowest BCUT2D eigenvalue weighted by Gasteiger charge is -2.48. The van der Waals surface area contributed by atoms with Crippen LogP contribution in [0.15, 0.2) is 23.0 Å². The fourth-order valence-electron chi connectivity index (χ4n) is 3.65. The quantitative estimate of drug-likeness (QED) is 0.577. The molecule has 1 atom stereocenters. The average Bonchev–Trinajstić information content (AvgIpc) is 1.97. The molecule has 0 radical (unpaired) electrons. The smallest absolute Gasteiger partial charge is 0.128 e. The highest BCUT2D eigenvalue weighted by Gasteiger charge is 2.45. The third-order valence-electron chi connectivity index (χ3n) is 3.86. The van der Waals surface area contributed by atoms with Crippen molar-refractivity contribution in [3.63, 3.8) is 0 Å². The van der Waals surface area contributed by atoms with Gasteiger partial charge in [-0.25, -0.2) is 0 Å². The molecule has 0 amide bonds. The minimum Gasteiger partial charge on any atom is -0.488 e. The molecular weight excluding hydrogens is 184 g/mol. The zero-order valence-electron chi connectivity index (χ0n) is 10.6. The lowest BCUT2D eigenvalue weighted by Crippen LogP contribution is -2.43. The van der Waals surface area contributed by atoms with Crippen LogP contribution in [0.25, 0.3) is 0 Å². The largest absolute Gasteiger partial charge is 0.488 e. The lowest BCUT2D eigenvalue weighted by atomic mass is 9.64. The van der Waals surface area contributed by atoms with Crippen LogP contribution in [0.3, 0.4) is 0 Å². The molecule has 0 bridgehead atoms. The molecule has 0 aromatic carbocycles. The minimum atomic E-state index is -0.0370. The van der Waals surface area contributed by atoms with Crippen LogP contribution in [0, 0.1) is 5.41 Å². The average molecular weight is 206 g/mol. The molecule has 1 nitrogen and oxygen atoms in total. The lowest BCUT2D eigenvalue weighted by molar-refractivity contribution is 0.000349. The number of fused-ring (bicyclic) bond motifs is 1. The topological polar surface area (TPSA) is 9.23 Å². The van der Waals surface area contributed by atoms with E-state index in [0.29, 0.717) is 5.41 Å². The van der Waals surface area contributed by atoms with Gasteiger partial charge < -0.3 is 4.74 Å². The van der Waals surface area contributed by atoms with E-state index in [4.69, 9.17) is 4.74 Å². The molecule has 0 aromatic heterocycles. The maximum Gasteiger partial charge on any atom is 0.128 e. The molecule has 2 aliphatic rings. The van der Waals surface area contributed by atoms with Gasteiger partial charge in [0.25, 0.3) is 0 Å². The third kappa shape index (κ3) is 1.62. The Balaban J connectivity index is 2.54. The maximum absolute atomic E-state index is 6.09. The normalized spacial score (nSPS) is 34.3. The highest BCUT2D eigenvalue weighted by Crippen LogP contribution is 2.51. The van der Waals surface area contributed by atoms with Crippen molar-refractivity contribution in [1.29, 1.82) is 0 Å². The van der Waals surface area contributed by atoms with E-state index < -0.39 is 0 Å². The van der Waals surface area contributed by atoms with E-state index in [1.807, 2.05) is 0 Å². The Morgan fingerprint density at radius 2 is 1.80 bits per heavy atom. The molecule has 1 fully saturated rings. The monoisotopic (exact) mass is 206 g/mol. The van der Waals surface area contributed by atoms with Gasteiger partial charge in [0.05, 0.1) is 5.76 Å². The summed E-state index contributed by atoms with van der Waals surface area (Å²) in [6, 6.07) is 0. The van der Waals surface area contributed by atoms with Crippen LogP contribution in [0.5, 0.6) is 0 Å². The van der Waals surface area contributed by atoms with E-state index in [0.717, 1.165) is 12.2 Å². The van der Waals surface area contributed by atoms with Gasteiger partial charge in [0.2, 0.25) is 0 Å².